The minimum atomic E-state index is -0.978. The lowest BCUT2D eigenvalue weighted by molar-refractivity contribution is 0.0697. The zero-order valence-corrected chi connectivity index (χ0v) is 12.2. The lowest BCUT2D eigenvalue weighted by atomic mass is 10.0. The number of carboxylic acids is 1. The van der Waals surface area contributed by atoms with Gasteiger partial charge in [0.25, 0.3) is 0 Å². The summed E-state index contributed by atoms with van der Waals surface area (Å²) in [5.41, 5.74) is 9.97. The minimum Gasteiger partial charge on any atom is -0.507 e. The number of nitrogens with two attached hydrogens (primary N) is 1. The Bertz CT molecular complexity index is 742. The van der Waals surface area contributed by atoms with Crippen LogP contribution in [0.1, 0.15) is 15.9 Å². The summed E-state index contributed by atoms with van der Waals surface area (Å²) in [5, 5.41) is 22.5. The number of carboxylic acid groups (broad SMARTS) is 1. The summed E-state index contributed by atoms with van der Waals surface area (Å²) >= 11 is 4.62. The van der Waals surface area contributed by atoms with Crippen molar-refractivity contribution in [3.63, 3.8) is 0 Å². The summed E-state index contributed by atoms with van der Waals surface area (Å²) in [6, 6.07) is 11.4. The van der Waals surface area contributed by atoms with Crippen LogP contribution in [0.2, 0.25) is 0 Å². The second kappa shape index (κ2) is 6.68. The summed E-state index contributed by atoms with van der Waals surface area (Å²) in [6.45, 7) is 0. The van der Waals surface area contributed by atoms with Gasteiger partial charge in [-0.05, 0) is 47.6 Å². The molecule has 0 bridgehead atoms. The van der Waals surface area contributed by atoms with E-state index in [1.807, 2.05) is 0 Å². The van der Waals surface area contributed by atoms with Crippen LogP contribution in [0.5, 0.6) is 5.75 Å². The molecule has 112 valence electrons. The number of aromatic carboxylic acids is 1. The lowest BCUT2D eigenvalue weighted by Gasteiger charge is -2.05. The highest BCUT2D eigenvalue weighted by molar-refractivity contribution is 7.80. The summed E-state index contributed by atoms with van der Waals surface area (Å²) < 4.78 is 0. The smallest absolute Gasteiger partial charge is 0.335 e. The fraction of sp³-hybridized carbons (Fsp3) is 0. The van der Waals surface area contributed by atoms with Gasteiger partial charge in [0.05, 0.1) is 11.8 Å². The number of benzene rings is 2. The van der Waals surface area contributed by atoms with E-state index in [0.717, 1.165) is 11.1 Å². The van der Waals surface area contributed by atoms with Crippen LogP contribution in [0.3, 0.4) is 0 Å². The molecule has 0 unspecified atom stereocenters. The predicted molar refractivity (Wildman–Crippen MR) is 88.0 cm³/mol. The van der Waals surface area contributed by atoms with E-state index in [0.29, 0.717) is 5.56 Å². The van der Waals surface area contributed by atoms with E-state index >= 15 is 0 Å². The van der Waals surface area contributed by atoms with Gasteiger partial charge in [-0.25, -0.2) is 4.79 Å². The van der Waals surface area contributed by atoms with Crippen LogP contribution in [0.15, 0.2) is 47.6 Å². The molecule has 0 aliphatic rings. The zero-order valence-electron chi connectivity index (χ0n) is 11.4. The molecule has 2 aromatic rings. The van der Waals surface area contributed by atoms with Gasteiger partial charge in [0.1, 0.15) is 5.75 Å². The SMILES string of the molecule is NC(=S)NN=Cc1cc(-c2ccc(C(=O)O)cc2)ccc1O. The van der Waals surface area contributed by atoms with Gasteiger partial charge in [0, 0.05) is 5.56 Å². The number of hydrogen-bond donors (Lipinski definition) is 4. The Morgan fingerprint density at radius 1 is 1.18 bits per heavy atom. The second-order valence-corrected chi connectivity index (χ2v) is 4.83. The van der Waals surface area contributed by atoms with Crippen molar-refractivity contribution in [1.82, 2.24) is 5.43 Å². The number of phenolic OH excluding ortho intramolecular Hbond substituents is 1. The maximum Gasteiger partial charge on any atom is 0.335 e. The maximum atomic E-state index is 10.8. The Kier molecular flexibility index (Phi) is 4.70. The number of aromatic hydroxyl groups is 1. The summed E-state index contributed by atoms with van der Waals surface area (Å²) in [5.74, 6) is -0.923. The van der Waals surface area contributed by atoms with Gasteiger partial charge in [0.2, 0.25) is 0 Å². The van der Waals surface area contributed by atoms with E-state index in [1.54, 1.807) is 24.3 Å². The third-order valence-electron chi connectivity index (χ3n) is 2.87. The number of thiocarbonyl (C=S) groups is 1. The Morgan fingerprint density at radius 2 is 1.82 bits per heavy atom. The molecule has 0 amide bonds. The van der Waals surface area contributed by atoms with Crippen LogP contribution in [0.25, 0.3) is 11.1 Å². The normalized spacial score (nSPS) is 10.5. The van der Waals surface area contributed by atoms with Gasteiger partial charge in [-0.2, -0.15) is 5.10 Å². The molecule has 2 rings (SSSR count). The third kappa shape index (κ3) is 3.80. The van der Waals surface area contributed by atoms with Gasteiger partial charge < -0.3 is 15.9 Å². The van der Waals surface area contributed by atoms with Crippen molar-refractivity contribution in [2.24, 2.45) is 10.8 Å². The van der Waals surface area contributed by atoms with Crippen molar-refractivity contribution in [2.75, 3.05) is 0 Å². The highest BCUT2D eigenvalue weighted by Gasteiger charge is 2.05. The average molecular weight is 315 g/mol. The van der Waals surface area contributed by atoms with Crippen LogP contribution in [0, 0.1) is 0 Å². The molecule has 7 heteroatoms. The molecule has 0 heterocycles. The molecule has 6 nitrogen and oxygen atoms in total. The number of rotatable bonds is 4. The zero-order chi connectivity index (χ0) is 16.1. The van der Waals surface area contributed by atoms with Crippen LogP contribution in [-0.2, 0) is 0 Å². The quantitative estimate of drug-likeness (QED) is 0.390. The van der Waals surface area contributed by atoms with Crippen molar-refractivity contribution in [2.45, 2.75) is 0 Å². The molecule has 0 aliphatic carbocycles. The van der Waals surface area contributed by atoms with Crippen LogP contribution in [-0.4, -0.2) is 27.5 Å². The van der Waals surface area contributed by atoms with Gasteiger partial charge in [-0.3, -0.25) is 5.43 Å². The van der Waals surface area contributed by atoms with Gasteiger partial charge >= 0.3 is 5.97 Å². The molecule has 5 N–H and O–H groups in total. The van der Waals surface area contributed by atoms with Crippen LogP contribution < -0.4 is 11.2 Å². The molecule has 0 saturated carbocycles. The largest absolute Gasteiger partial charge is 0.507 e. The molecule has 0 saturated heterocycles. The first-order valence-corrected chi connectivity index (χ1v) is 6.63. The fourth-order valence-corrected chi connectivity index (χ4v) is 1.86. The molecular formula is C15H13N3O3S. The monoisotopic (exact) mass is 315 g/mol. The van der Waals surface area contributed by atoms with E-state index in [9.17, 15) is 9.90 Å². The van der Waals surface area contributed by atoms with Crippen LogP contribution >= 0.6 is 12.2 Å². The molecular weight excluding hydrogens is 302 g/mol. The topological polar surface area (TPSA) is 108 Å². The molecule has 0 radical (unpaired) electrons. The maximum absolute atomic E-state index is 10.8. The van der Waals surface area contributed by atoms with Crippen molar-refractivity contribution in [3.8, 4) is 16.9 Å². The summed E-state index contributed by atoms with van der Waals surface area (Å²) in [4.78, 5) is 10.8. The summed E-state index contributed by atoms with van der Waals surface area (Å²) in [7, 11) is 0. The van der Waals surface area contributed by atoms with Crippen molar-refractivity contribution < 1.29 is 15.0 Å². The fourth-order valence-electron chi connectivity index (χ4n) is 1.81. The number of nitrogens with zero attached hydrogens (tertiary/aromatic N) is 1. The second-order valence-electron chi connectivity index (χ2n) is 4.39. The number of phenols is 1. The lowest BCUT2D eigenvalue weighted by Crippen LogP contribution is -2.23. The van der Waals surface area contributed by atoms with Crippen molar-refractivity contribution in [1.29, 1.82) is 0 Å². The first-order chi connectivity index (χ1) is 10.5. The predicted octanol–water partition coefficient (Wildman–Crippen LogP) is 1.92. The highest BCUT2D eigenvalue weighted by atomic mass is 32.1. The van der Waals surface area contributed by atoms with Crippen molar-refractivity contribution in [3.05, 3.63) is 53.6 Å². The highest BCUT2D eigenvalue weighted by Crippen LogP contribution is 2.25. The van der Waals surface area contributed by atoms with Crippen LogP contribution in [0.4, 0.5) is 0 Å². The standard InChI is InChI=1S/C15H13N3O3S/c16-15(22)18-17-8-12-7-11(5-6-13(12)19)9-1-3-10(4-2-9)14(20)21/h1-8,19H,(H,20,21)(H3,16,18,22). The number of hydrazone groups is 1. The molecule has 0 spiro atoms. The Balaban J connectivity index is 2.30. The van der Waals surface area contributed by atoms with E-state index < -0.39 is 5.97 Å². The van der Waals surface area contributed by atoms with E-state index in [4.69, 9.17) is 10.8 Å². The Morgan fingerprint density at radius 3 is 2.41 bits per heavy atom. The molecule has 2 aromatic carbocycles. The van der Waals surface area contributed by atoms with Gasteiger partial charge in [-0.15, -0.1) is 0 Å². The van der Waals surface area contributed by atoms with E-state index in [-0.39, 0.29) is 16.4 Å². The van der Waals surface area contributed by atoms with Crippen molar-refractivity contribution >= 4 is 29.5 Å². The molecule has 0 aromatic heterocycles. The molecule has 0 aliphatic heterocycles. The number of hydrogen-bond acceptors (Lipinski definition) is 4. The Labute approximate surface area is 131 Å². The van der Waals surface area contributed by atoms with Gasteiger partial charge in [0.15, 0.2) is 5.11 Å². The van der Waals surface area contributed by atoms with Gasteiger partial charge in [-0.1, -0.05) is 18.2 Å². The van der Waals surface area contributed by atoms with E-state index in [1.165, 1.54) is 24.4 Å². The summed E-state index contributed by atoms with van der Waals surface area (Å²) in [6.07, 6.45) is 1.39. The molecule has 0 fully saturated rings. The number of carbonyl (C=O) groups is 1. The first-order valence-electron chi connectivity index (χ1n) is 6.22. The average Bonchev–Trinajstić information content (AvgIpc) is 2.49. The molecule has 0 atom stereocenters. The molecule has 22 heavy (non-hydrogen) atoms. The minimum absolute atomic E-state index is 0.0242. The first kappa shape index (κ1) is 15.5. The Hall–Kier alpha value is -2.93. The third-order valence-corrected chi connectivity index (χ3v) is 2.96. The number of nitrogens with one attached hydrogen (secondary N) is 1. The van der Waals surface area contributed by atoms with E-state index in [2.05, 4.69) is 22.7 Å².